The molecule has 0 saturated carbocycles. The van der Waals surface area contributed by atoms with Crippen LogP contribution in [0.2, 0.25) is 6.04 Å². The molecule has 0 amide bonds. The highest BCUT2D eigenvalue weighted by Gasteiger charge is 2.26. The van der Waals surface area contributed by atoms with Crippen molar-refractivity contribution in [3.05, 3.63) is 0 Å². The molecule has 0 aromatic rings. The van der Waals surface area contributed by atoms with Gasteiger partial charge in [-0.25, -0.2) is 0 Å². The van der Waals surface area contributed by atoms with Crippen LogP contribution in [0.1, 0.15) is 33.1 Å². The zero-order valence-corrected chi connectivity index (χ0v) is 8.57. The van der Waals surface area contributed by atoms with Crippen molar-refractivity contribution in [3.63, 3.8) is 0 Å². The Morgan fingerprint density at radius 1 is 1.50 bits per heavy atom. The summed E-state index contributed by atoms with van der Waals surface area (Å²) in [6, 6.07) is 1.39. The summed E-state index contributed by atoms with van der Waals surface area (Å²) in [5.74, 6) is 0. The van der Waals surface area contributed by atoms with E-state index >= 15 is 0 Å². The molecular weight excluding hydrogens is 140 g/mol. The van der Waals surface area contributed by atoms with Crippen molar-refractivity contribution in [1.82, 2.24) is 0 Å². The molecule has 1 heterocycles. The molecule has 10 heavy (non-hydrogen) atoms. The largest absolute Gasteiger partial charge is 0.379 e. The Kier molecular flexibility index (Phi) is 2.92. The normalized spacial score (nSPS) is 35.4. The quantitative estimate of drug-likeness (QED) is 0.554. The van der Waals surface area contributed by atoms with Gasteiger partial charge in [-0.2, -0.15) is 0 Å². The predicted molar refractivity (Wildman–Crippen MR) is 47.2 cm³/mol. The van der Waals surface area contributed by atoms with Crippen LogP contribution in [0.3, 0.4) is 0 Å². The van der Waals surface area contributed by atoms with E-state index in [1.165, 1.54) is 25.3 Å². The topological polar surface area (TPSA) is 9.23 Å². The first kappa shape index (κ1) is 8.28. The predicted octanol–water partition coefficient (Wildman–Crippen LogP) is 1.51. The summed E-state index contributed by atoms with van der Waals surface area (Å²) in [6.45, 7) is 5.61. The molecule has 1 aliphatic rings. The average Bonchev–Trinajstić information content (AvgIpc) is 1.89. The van der Waals surface area contributed by atoms with E-state index in [1.54, 1.807) is 0 Å². The maximum absolute atomic E-state index is 5.77. The molecule has 1 fully saturated rings. The van der Waals surface area contributed by atoms with Gasteiger partial charge in [0.2, 0.25) is 0 Å². The van der Waals surface area contributed by atoms with Gasteiger partial charge in [-0.3, -0.25) is 0 Å². The Labute approximate surface area is 66.0 Å². The summed E-state index contributed by atoms with van der Waals surface area (Å²) in [5.41, 5.74) is 0. The minimum absolute atomic E-state index is 0.0573. The van der Waals surface area contributed by atoms with Gasteiger partial charge in [0.1, 0.15) is 0 Å². The molecule has 1 saturated heterocycles. The fourth-order valence-corrected chi connectivity index (χ4v) is 3.56. The van der Waals surface area contributed by atoms with E-state index < -0.39 is 0 Å². The molecule has 1 rings (SSSR count). The molecule has 0 N–H and O–H groups in total. The molecule has 0 aromatic heterocycles. The Hall–Kier alpha value is 0.177. The minimum atomic E-state index is 0.0573. The molecule has 1 nitrogen and oxygen atoms in total. The highest BCUT2D eigenvalue weighted by molar-refractivity contribution is 6.39. The summed E-state index contributed by atoms with van der Waals surface area (Å²) >= 11 is 0. The highest BCUT2D eigenvalue weighted by atomic mass is 28.2. The van der Waals surface area contributed by atoms with E-state index in [-0.39, 0.29) is 9.52 Å². The van der Waals surface area contributed by atoms with Gasteiger partial charge in [-0.15, -0.1) is 0 Å². The SMILES string of the molecule is CC[SiH2]C1(C)CCCCO1. The molecule has 0 spiro atoms. The van der Waals surface area contributed by atoms with Crippen LogP contribution in [-0.2, 0) is 4.74 Å². The van der Waals surface area contributed by atoms with Gasteiger partial charge in [0.25, 0.3) is 0 Å². The van der Waals surface area contributed by atoms with Gasteiger partial charge < -0.3 is 4.74 Å². The smallest absolute Gasteiger partial charge is 0.0588 e. The van der Waals surface area contributed by atoms with Crippen molar-refractivity contribution in [2.75, 3.05) is 6.61 Å². The van der Waals surface area contributed by atoms with Crippen LogP contribution < -0.4 is 0 Å². The number of ether oxygens (including phenoxy) is 1. The molecule has 0 bridgehead atoms. The van der Waals surface area contributed by atoms with Gasteiger partial charge in [0, 0.05) is 11.8 Å². The van der Waals surface area contributed by atoms with Gasteiger partial charge in [0.15, 0.2) is 0 Å². The van der Waals surface area contributed by atoms with E-state index in [4.69, 9.17) is 4.74 Å². The summed E-state index contributed by atoms with van der Waals surface area (Å²) in [5, 5.41) is 0.368. The Morgan fingerprint density at radius 2 is 2.30 bits per heavy atom. The lowest BCUT2D eigenvalue weighted by atomic mass is 10.1. The Bertz CT molecular complexity index is 91.9. The van der Waals surface area contributed by atoms with Crippen LogP contribution in [0.25, 0.3) is 0 Å². The van der Waals surface area contributed by atoms with Crippen molar-refractivity contribution in [3.8, 4) is 0 Å². The van der Waals surface area contributed by atoms with E-state index in [1.807, 2.05) is 0 Å². The average molecular weight is 158 g/mol. The molecule has 0 radical (unpaired) electrons. The molecular formula is C8H18OSi. The number of hydrogen-bond donors (Lipinski definition) is 0. The van der Waals surface area contributed by atoms with Crippen molar-refractivity contribution < 1.29 is 4.74 Å². The van der Waals surface area contributed by atoms with Crippen molar-refractivity contribution in [1.29, 1.82) is 0 Å². The van der Waals surface area contributed by atoms with Crippen LogP contribution in [0.5, 0.6) is 0 Å². The standard InChI is InChI=1S/C8H18OSi/c1-3-10-8(2)6-4-5-7-9-8/h3-7,10H2,1-2H3. The van der Waals surface area contributed by atoms with Gasteiger partial charge >= 0.3 is 0 Å². The van der Waals surface area contributed by atoms with Crippen molar-refractivity contribution in [2.45, 2.75) is 44.4 Å². The lowest BCUT2D eigenvalue weighted by Gasteiger charge is -2.33. The third-order valence-corrected chi connectivity index (χ3v) is 4.44. The summed E-state index contributed by atoms with van der Waals surface area (Å²) < 4.78 is 5.77. The summed E-state index contributed by atoms with van der Waals surface area (Å²) in [7, 11) is 0.0573. The number of rotatable bonds is 2. The molecule has 1 unspecified atom stereocenters. The van der Waals surface area contributed by atoms with Gasteiger partial charge in [-0.1, -0.05) is 13.0 Å². The maximum Gasteiger partial charge on any atom is 0.0588 e. The summed E-state index contributed by atoms with van der Waals surface area (Å²) in [6.07, 6.45) is 4.00. The fourth-order valence-electron chi connectivity index (χ4n) is 1.72. The lowest BCUT2D eigenvalue weighted by molar-refractivity contribution is -0.00720. The first-order valence-electron chi connectivity index (χ1n) is 4.41. The minimum Gasteiger partial charge on any atom is -0.379 e. The Morgan fingerprint density at radius 3 is 2.80 bits per heavy atom. The first-order chi connectivity index (χ1) is 4.77. The van der Waals surface area contributed by atoms with E-state index in [0.29, 0.717) is 5.22 Å². The number of hydrogen-bond acceptors (Lipinski definition) is 1. The lowest BCUT2D eigenvalue weighted by Crippen LogP contribution is -2.38. The fraction of sp³-hybridized carbons (Fsp3) is 1.00. The second-order valence-electron chi connectivity index (χ2n) is 3.51. The van der Waals surface area contributed by atoms with E-state index in [2.05, 4.69) is 13.8 Å². The molecule has 1 aliphatic heterocycles. The third-order valence-electron chi connectivity index (χ3n) is 2.33. The van der Waals surface area contributed by atoms with Crippen molar-refractivity contribution >= 4 is 9.52 Å². The zero-order valence-electron chi connectivity index (χ0n) is 7.15. The second kappa shape index (κ2) is 3.53. The van der Waals surface area contributed by atoms with Crippen LogP contribution in [-0.4, -0.2) is 21.4 Å². The Balaban J connectivity index is 2.32. The van der Waals surface area contributed by atoms with E-state index in [9.17, 15) is 0 Å². The monoisotopic (exact) mass is 158 g/mol. The van der Waals surface area contributed by atoms with E-state index in [0.717, 1.165) is 6.61 Å². The highest BCUT2D eigenvalue weighted by Crippen LogP contribution is 2.23. The molecule has 0 aromatic carbocycles. The molecule has 2 heteroatoms. The van der Waals surface area contributed by atoms with Crippen LogP contribution in [0.4, 0.5) is 0 Å². The van der Waals surface area contributed by atoms with Gasteiger partial charge in [-0.05, 0) is 26.2 Å². The maximum atomic E-state index is 5.77. The summed E-state index contributed by atoms with van der Waals surface area (Å²) in [4.78, 5) is 0. The van der Waals surface area contributed by atoms with Crippen LogP contribution in [0, 0.1) is 0 Å². The molecule has 1 atom stereocenters. The first-order valence-corrected chi connectivity index (χ1v) is 6.11. The molecule has 60 valence electrons. The zero-order chi connectivity index (χ0) is 7.45. The molecule has 0 aliphatic carbocycles. The van der Waals surface area contributed by atoms with Crippen molar-refractivity contribution in [2.24, 2.45) is 0 Å². The van der Waals surface area contributed by atoms with Gasteiger partial charge in [0.05, 0.1) is 9.52 Å². The third kappa shape index (κ3) is 2.10. The van der Waals surface area contributed by atoms with Crippen LogP contribution >= 0.6 is 0 Å². The second-order valence-corrected chi connectivity index (χ2v) is 6.50. The van der Waals surface area contributed by atoms with Crippen LogP contribution in [0.15, 0.2) is 0 Å².